The van der Waals surface area contributed by atoms with Crippen LogP contribution in [0.5, 0.6) is 0 Å². The first-order valence-electron chi connectivity index (χ1n) is 6.78. The molecule has 0 unspecified atom stereocenters. The zero-order valence-electron chi connectivity index (χ0n) is 11.7. The highest BCUT2D eigenvalue weighted by atomic mass is 35.5. The molecule has 0 bridgehead atoms. The summed E-state index contributed by atoms with van der Waals surface area (Å²) < 4.78 is 13.0. The molecule has 116 valence electrons. The molecule has 2 rings (SSSR count). The lowest BCUT2D eigenvalue weighted by Gasteiger charge is -2.19. The van der Waals surface area contributed by atoms with Gasteiger partial charge in [0.05, 0.1) is 16.8 Å². The molecule has 0 saturated heterocycles. The van der Waals surface area contributed by atoms with Crippen LogP contribution in [0.1, 0.15) is 18.0 Å². The summed E-state index contributed by atoms with van der Waals surface area (Å²) in [5.41, 5.74) is 1.20. The number of halogens is 2. The number of benzene rings is 2. The van der Waals surface area contributed by atoms with Gasteiger partial charge in [0.2, 0.25) is 0 Å². The van der Waals surface area contributed by atoms with Gasteiger partial charge >= 0.3 is 6.03 Å². The number of hydrogen-bond donors (Lipinski definition) is 3. The van der Waals surface area contributed by atoms with Gasteiger partial charge in [0.1, 0.15) is 5.82 Å². The van der Waals surface area contributed by atoms with Crippen molar-refractivity contribution in [2.24, 2.45) is 0 Å². The second-order valence-electron chi connectivity index (χ2n) is 4.70. The topological polar surface area (TPSA) is 61.4 Å². The van der Waals surface area contributed by atoms with Gasteiger partial charge in [-0.15, -0.1) is 0 Å². The Morgan fingerprint density at radius 3 is 2.59 bits per heavy atom. The Morgan fingerprint density at radius 1 is 1.23 bits per heavy atom. The largest absolute Gasteiger partial charge is 0.396 e. The van der Waals surface area contributed by atoms with Gasteiger partial charge in [-0.25, -0.2) is 9.18 Å². The molecule has 0 aliphatic heterocycles. The molecule has 0 radical (unpaired) electrons. The third-order valence-corrected chi connectivity index (χ3v) is 3.42. The Labute approximate surface area is 132 Å². The Balaban J connectivity index is 2.05. The fourth-order valence-electron chi connectivity index (χ4n) is 2.04. The highest BCUT2D eigenvalue weighted by molar-refractivity contribution is 6.33. The molecule has 6 heteroatoms. The van der Waals surface area contributed by atoms with Crippen LogP contribution < -0.4 is 10.6 Å². The van der Waals surface area contributed by atoms with E-state index in [2.05, 4.69) is 10.6 Å². The Morgan fingerprint density at radius 2 is 1.95 bits per heavy atom. The van der Waals surface area contributed by atoms with E-state index in [1.165, 1.54) is 12.1 Å². The lowest BCUT2D eigenvalue weighted by molar-refractivity contribution is 0.239. The van der Waals surface area contributed by atoms with Crippen LogP contribution in [0.2, 0.25) is 5.02 Å². The third-order valence-electron chi connectivity index (χ3n) is 3.10. The quantitative estimate of drug-likeness (QED) is 0.785. The molecule has 0 aliphatic carbocycles. The van der Waals surface area contributed by atoms with E-state index in [0.717, 1.165) is 11.6 Å². The van der Waals surface area contributed by atoms with E-state index in [1.807, 2.05) is 30.3 Å². The Bertz CT molecular complexity index is 637. The number of urea groups is 1. The molecule has 0 heterocycles. The molecule has 0 aromatic heterocycles. The predicted molar refractivity (Wildman–Crippen MR) is 84.5 cm³/mol. The van der Waals surface area contributed by atoms with Gasteiger partial charge in [0, 0.05) is 6.61 Å². The molecule has 22 heavy (non-hydrogen) atoms. The van der Waals surface area contributed by atoms with Crippen molar-refractivity contribution in [3.8, 4) is 0 Å². The first-order chi connectivity index (χ1) is 10.6. The molecular formula is C16H16ClFN2O2. The van der Waals surface area contributed by atoms with E-state index in [1.54, 1.807) is 0 Å². The van der Waals surface area contributed by atoms with Gasteiger partial charge in [0.15, 0.2) is 0 Å². The van der Waals surface area contributed by atoms with Gasteiger partial charge in [-0.1, -0.05) is 41.9 Å². The van der Waals surface area contributed by atoms with Crippen molar-refractivity contribution >= 4 is 23.3 Å². The van der Waals surface area contributed by atoms with Crippen molar-refractivity contribution < 1.29 is 14.3 Å². The maximum atomic E-state index is 13.0. The first-order valence-corrected chi connectivity index (χ1v) is 7.16. The molecule has 0 aliphatic rings. The minimum Gasteiger partial charge on any atom is -0.396 e. The first kappa shape index (κ1) is 16.3. The van der Waals surface area contributed by atoms with Gasteiger partial charge in [-0.05, 0) is 30.2 Å². The molecule has 0 spiro atoms. The summed E-state index contributed by atoms with van der Waals surface area (Å²) in [4.78, 5) is 12.1. The summed E-state index contributed by atoms with van der Waals surface area (Å²) in [5.74, 6) is -0.474. The fraction of sp³-hybridized carbons (Fsp3) is 0.188. The summed E-state index contributed by atoms with van der Waals surface area (Å²) in [6.07, 6.45) is 0.384. The Kier molecular flexibility index (Phi) is 5.75. The van der Waals surface area contributed by atoms with Crippen LogP contribution in [0.3, 0.4) is 0 Å². The van der Waals surface area contributed by atoms with E-state index in [4.69, 9.17) is 16.7 Å². The second-order valence-corrected chi connectivity index (χ2v) is 5.11. The van der Waals surface area contributed by atoms with Crippen LogP contribution in [0, 0.1) is 5.82 Å². The zero-order chi connectivity index (χ0) is 15.9. The van der Waals surface area contributed by atoms with Gasteiger partial charge in [0.25, 0.3) is 0 Å². The molecule has 0 saturated carbocycles. The standard InChI is InChI=1S/C16H16ClFN2O2/c17-13-10-12(18)6-7-15(13)20-16(22)19-14(8-9-21)11-4-2-1-3-5-11/h1-7,10,14,21H,8-9H2,(H2,19,20,22)/t14-/m1/s1. The number of rotatable bonds is 5. The average molecular weight is 323 g/mol. The number of nitrogens with one attached hydrogen (secondary N) is 2. The van der Waals surface area contributed by atoms with E-state index < -0.39 is 11.8 Å². The summed E-state index contributed by atoms with van der Waals surface area (Å²) in [6, 6.07) is 12.2. The molecule has 0 fully saturated rings. The van der Waals surface area contributed by atoms with Crippen molar-refractivity contribution in [3.63, 3.8) is 0 Å². The van der Waals surface area contributed by atoms with Crippen molar-refractivity contribution in [2.75, 3.05) is 11.9 Å². The number of aliphatic hydroxyl groups is 1. The normalized spacial score (nSPS) is 11.8. The third kappa shape index (κ3) is 4.44. The Hall–Kier alpha value is -2.11. The van der Waals surface area contributed by atoms with Gasteiger partial charge in [-0.2, -0.15) is 0 Å². The molecule has 1 atom stereocenters. The lowest BCUT2D eigenvalue weighted by Crippen LogP contribution is -2.33. The number of carbonyl (C=O) groups excluding carboxylic acids is 1. The van der Waals surface area contributed by atoms with Gasteiger partial charge < -0.3 is 15.7 Å². The summed E-state index contributed by atoms with van der Waals surface area (Å²) in [7, 11) is 0. The number of hydrogen-bond acceptors (Lipinski definition) is 2. The molecular weight excluding hydrogens is 307 g/mol. The van der Waals surface area contributed by atoms with E-state index >= 15 is 0 Å². The lowest BCUT2D eigenvalue weighted by atomic mass is 10.0. The smallest absolute Gasteiger partial charge is 0.319 e. The second kappa shape index (κ2) is 7.77. The monoisotopic (exact) mass is 322 g/mol. The summed E-state index contributed by atoms with van der Waals surface area (Å²) in [5, 5.41) is 14.6. The van der Waals surface area contributed by atoms with Crippen LogP contribution in [-0.2, 0) is 0 Å². The predicted octanol–water partition coefficient (Wildman–Crippen LogP) is 3.72. The van der Waals surface area contributed by atoms with Crippen LogP contribution >= 0.6 is 11.6 Å². The summed E-state index contributed by atoms with van der Waals surface area (Å²) in [6.45, 7) is -0.0584. The number of aliphatic hydroxyl groups excluding tert-OH is 1. The van der Waals surface area contributed by atoms with E-state index in [9.17, 15) is 9.18 Å². The fourth-order valence-corrected chi connectivity index (χ4v) is 2.26. The number of carbonyl (C=O) groups is 1. The number of anilines is 1. The van der Waals surface area contributed by atoms with Crippen LogP contribution in [-0.4, -0.2) is 17.7 Å². The maximum absolute atomic E-state index is 13.0. The van der Waals surface area contributed by atoms with E-state index in [0.29, 0.717) is 12.1 Å². The number of amides is 2. The summed E-state index contributed by atoms with van der Waals surface area (Å²) >= 11 is 5.87. The van der Waals surface area contributed by atoms with Gasteiger partial charge in [-0.3, -0.25) is 0 Å². The molecule has 4 nitrogen and oxygen atoms in total. The minimum atomic E-state index is -0.476. The van der Waals surface area contributed by atoms with Crippen molar-refractivity contribution in [2.45, 2.75) is 12.5 Å². The zero-order valence-corrected chi connectivity index (χ0v) is 12.5. The SMILES string of the molecule is O=C(Nc1ccc(F)cc1Cl)N[C@H](CCO)c1ccccc1. The van der Waals surface area contributed by atoms with Crippen LogP contribution in [0.25, 0.3) is 0 Å². The minimum absolute atomic E-state index is 0.0584. The molecule has 3 N–H and O–H groups in total. The van der Waals surface area contributed by atoms with Crippen LogP contribution in [0.4, 0.5) is 14.9 Å². The van der Waals surface area contributed by atoms with Crippen LogP contribution in [0.15, 0.2) is 48.5 Å². The van der Waals surface area contributed by atoms with Crippen molar-refractivity contribution in [1.29, 1.82) is 0 Å². The van der Waals surface area contributed by atoms with Crippen molar-refractivity contribution in [1.82, 2.24) is 5.32 Å². The molecule has 2 aromatic carbocycles. The molecule has 2 amide bonds. The molecule has 2 aromatic rings. The highest BCUT2D eigenvalue weighted by Gasteiger charge is 2.14. The maximum Gasteiger partial charge on any atom is 0.319 e. The average Bonchev–Trinajstić information content (AvgIpc) is 2.50. The van der Waals surface area contributed by atoms with Crippen molar-refractivity contribution in [3.05, 3.63) is 64.9 Å². The highest BCUT2D eigenvalue weighted by Crippen LogP contribution is 2.23. The van der Waals surface area contributed by atoms with E-state index in [-0.39, 0.29) is 17.7 Å².